The number of carbonyl (C=O) groups excluding carboxylic acids is 1. The van der Waals surface area contributed by atoms with Gasteiger partial charge in [-0.2, -0.15) is 0 Å². The lowest BCUT2D eigenvalue weighted by atomic mass is 9.97. The highest BCUT2D eigenvalue weighted by atomic mass is 32.1. The van der Waals surface area contributed by atoms with E-state index in [1.54, 1.807) is 11.3 Å². The van der Waals surface area contributed by atoms with Gasteiger partial charge in [-0.15, -0.1) is 11.3 Å². The molecule has 0 radical (unpaired) electrons. The molecule has 0 spiro atoms. The van der Waals surface area contributed by atoms with Crippen molar-refractivity contribution in [1.82, 2.24) is 10.3 Å². The van der Waals surface area contributed by atoms with Gasteiger partial charge in [-0.05, 0) is 36.7 Å². The van der Waals surface area contributed by atoms with E-state index in [4.69, 9.17) is 0 Å². The highest BCUT2D eigenvalue weighted by Gasteiger charge is 2.43. The number of nitrogens with zero attached hydrogens (tertiary/aromatic N) is 1. The lowest BCUT2D eigenvalue weighted by molar-refractivity contribution is -0.123. The summed E-state index contributed by atoms with van der Waals surface area (Å²) in [4.78, 5) is 17.1. The third kappa shape index (κ3) is 3.05. The summed E-state index contributed by atoms with van der Waals surface area (Å²) in [5.41, 5.74) is 1.18. The van der Waals surface area contributed by atoms with Crippen molar-refractivity contribution in [2.75, 3.05) is 0 Å². The summed E-state index contributed by atoms with van der Waals surface area (Å²) in [7, 11) is 0. The maximum absolute atomic E-state index is 12.6. The zero-order chi connectivity index (χ0) is 15.7. The van der Waals surface area contributed by atoms with Crippen molar-refractivity contribution >= 4 is 17.2 Å². The first-order chi connectivity index (χ1) is 11.3. The Kier molecular flexibility index (Phi) is 3.93. The largest absolute Gasteiger partial charge is 0.344 e. The monoisotopic (exact) mass is 326 g/mol. The Morgan fingerprint density at radius 2 is 2.04 bits per heavy atom. The van der Waals surface area contributed by atoms with Crippen molar-refractivity contribution < 1.29 is 4.79 Å². The molecular weight excluding hydrogens is 304 g/mol. The van der Waals surface area contributed by atoms with E-state index >= 15 is 0 Å². The summed E-state index contributed by atoms with van der Waals surface area (Å²) in [5, 5.41) is 6.44. The van der Waals surface area contributed by atoms with Gasteiger partial charge in [0.1, 0.15) is 5.01 Å². The summed E-state index contributed by atoms with van der Waals surface area (Å²) in [5.74, 6) is 1.28. The van der Waals surface area contributed by atoms with Crippen LogP contribution in [0.1, 0.15) is 55.0 Å². The summed E-state index contributed by atoms with van der Waals surface area (Å²) >= 11 is 1.67. The lowest BCUT2D eigenvalue weighted by Crippen LogP contribution is -2.43. The predicted molar refractivity (Wildman–Crippen MR) is 92.3 cm³/mol. The number of carbonyl (C=O) groups is 1. The molecule has 0 aliphatic heterocycles. The highest BCUT2D eigenvalue weighted by Crippen LogP contribution is 2.49. The zero-order valence-electron chi connectivity index (χ0n) is 13.2. The molecule has 1 aromatic heterocycles. The first-order valence-corrected chi connectivity index (χ1v) is 9.41. The molecule has 0 bridgehead atoms. The second kappa shape index (κ2) is 6.08. The fraction of sp³-hybridized carbons (Fsp3) is 0.474. The second-order valence-corrected chi connectivity index (χ2v) is 7.79. The molecule has 0 saturated heterocycles. The average molecular weight is 326 g/mol. The van der Waals surface area contributed by atoms with Gasteiger partial charge in [0, 0.05) is 18.0 Å². The lowest BCUT2D eigenvalue weighted by Gasteiger charge is -2.28. The molecule has 1 aromatic carbocycles. The van der Waals surface area contributed by atoms with Crippen molar-refractivity contribution in [3.05, 3.63) is 52.5 Å². The van der Waals surface area contributed by atoms with Gasteiger partial charge in [-0.25, -0.2) is 4.98 Å². The molecule has 2 saturated carbocycles. The molecule has 2 aliphatic carbocycles. The topological polar surface area (TPSA) is 42.0 Å². The van der Waals surface area contributed by atoms with Gasteiger partial charge in [0.05, 0.1) is 5.54 Å². The maximum atomic E-state index is 12.6. The van der Waals surface area contributed by atoms with Crippen LogP contribution in [-0.4, -0.2) is 10.9 Å². The van der Waals surface area contributed by atoms with Crippen molar-refractivity contribution in [3.8, 4) is 0 Å². The van der Waals surface area contributed by atoms with E-state index < -0.39 is 0 Å². The molecule has 2 aliphatic rings. The van der Waals surface area contributed by atoms with Gasteiger partial charge in [0.2, 0.25) is 5.91 Å². The minimum atomic E-state index is -0.192. The van der Waals surface area contributed by atoms with E-state index in [2.05, 4.69) is 34.6 Å². The van der Waals surface area contributed by atoms with E-state index in [0.29, 0.717) is 18.3 Å². The number of hydrogen-bond acceptors (Lipinski definition) is 3. The fourth-order valence-corrected chi connectivity index (χ4v) is 4.82. The molecule has 1 amide bonds. The van der Waals surface area contributed by atoms with Crippen LogP contribution in [0.2, 0.25) is 0 Å². The second-order valence-electron chi connectivity index (χ2n) is 6.89. The third-order valence-corrected chi connectivity index (χ3v) is 6.25. The van der Waals surface area contributed by atoms with Crippen LogP contribution < -0.4 is 5.32 Å². The number of nitrogens with one attached hydrogen (secondary N) is 1. The molecule has 1 N–H and O–H groups in total. The van der Waals surface area contributed by atoms with Gasteiger partial charge in [-0.3, -0.25) is 4.79 Å². The quantitative estimate of drug-likeness (QED) is 0.894. The van der Waals surface area contributed by atoms with Crippen LogP contribution in [0.4, 0.5) is 0 Å². The first kappa shape index (κ1) is 14.9. The molecule has 23 heavy (non-hydrogen) atoms. The summed E-state index contributed by atoms with van der Waals surface area (Å²) in [6, 6.07) is 10.6. The Labute approximate surface area is 141 Å². The number of amides is 1. The minimum absolute atomic E-state index is 0.192. The van der Waals surface area contributed by atoms with Crippen LogP contribution in [0, 0.1) is 5.92 Å². The number of hydrogen-bond donors (Lipinski definition) is 1. The minimum Gasteiger partial charge on any atom is -0.344 e. The Balaban J connectivity index is 1.39. The number of thiazole rings is 1. The Hall–Kier alpha value is -1.68. The van der Waals surface area contributed by atoms with Gasteiger partial charge in [-0.1, -0.05) is 43.2 Å². The van der Waals surface area contributed by atoms with E-state index in [1.807, 2.05) is 17.6 Å². The van der Waals surface area contributed by atoms with Crippen molar-refractivity contribution in [3.63, 3.8) is 0 Å². The van der Waals surface area contributed by atoms with E-state index in [-0.39, 0.29) is 11.4 Å². The van der Waals surface area contributed by atoms with E-state index in [0.717, 1.165) is 24.3 Å². The van der Waals surface area contributed by atoms with Gasteiger partial charge < -0.3 is 5.32 Å². The SMILES string of the molecule is O=C(C[C@@H]1C[C@H]1c1ccccc1)NC1(c2nccs2)CCCC1. The van der Waals surface area contributed by atoms with Crippen LogP contribution in [0.15, 0.2) is 41.9 Å². The van der Waals surface area contributed by atoms with Crippen LogP contribution in [-0.2, 0) is 10.3 Å². The van der Waals surface area contributed by atoms with Crippen LogP contribution in [0.3, 0.4) is 0 Å². The summed E-state index contributed by atoms with van der Waals surface area (Å²) < 4.78 is 0. The number of benzene rings is 1. The van der Waals surface area contributed by atoms with E-state index in [1.165, 1.54) is 18.4 Å². The predicted octanol–water partition coefficient (Wildman–Crippen LogP) is 4.22. The fourth-order valence-electron chi connectivity index (χ4n) is 3.97. The standard InChI is InChI=1S/C19H22N2OS/c22-17(13-15-12-16(15)14-6-2-1-3-7-14)21-19(8-4-5-9-19)18-20-10-11-23-18/h1-3,6-7,10-11,15-16H,4-5,8-9,12-13H2,(H,21,22)/t15-,16-/m0/s1. The smallest absolute Gasteiger partial charge is 0.221 e. The molecule has 2 aromatic rings. The molecule has 120 valence electrons. The average Bonchev–Trinajstić information content (AvgIpc) is 2.97. The van der Waals surface area contributed by atoms with Crippen molar-refractivity contribution in [2.45, 2.75) is 50.0 Å². The Bertz CT molecular complexity index is 662. The van der Waals surface area contributed by atoms with E-state index in [9.17, 15) is 4.79 Å². The van der Waals surface area contributed by atoms with Crippen molar-refractivity contribution in [2.24, 2.45) is 5.92 Å². The highest BCUT2D eigenvalue weighted by molar-refractivity contribution is 7.09. The van der Waals surface area contributed by atoms with Gasteiger partial charge in [0.15, 0.2) is 0 Å². The normalized spacial score (nSPS) is 25.2. The van der Waals surface area contributed by atoms with Crippen LogP contribution in [0.25, 0.3) is 0 Å². The number of rotatable bonds is 5. The molecule has 2 atom stereocenters. The van der Waals surface area contributed by atoms with Crippen LogP contribution in [0.5, 0.6) is 0 Å². The molecule has 0 unspecified atom stereocenters. The molecule has 4 rings (SSSR count). The molecule has 4 heteroatoms. The number of aromatic nitrogens is 1. The molecule has 2 fully saturated rings. The van der Waals surface area contributed by atoms with Crippen molar-refractivity contribution in [1.29, 1.82) is 0 Å². The molecule has 3 nitrogen and oxygen atoms in total. The van der Waals surface area contributed by atoms with Crippen LogP contribution >= 0.6 is 11.3 Å². The third-order valence-electron chi connectivity index (χ3n) is 5.28. The van der Waals surface area contributed by atoms with Gasteiger partial charge in [0.25, 0.3) is 0 Å². The molecular formula is C19H22N2OS. The van der Waals surface area contributed by atoms with Gasteiger partial charge >= 0.3 is 0 Å². The Morgan fingerprint density at radius 3 is 2.74 bits per heavy atom. The summed E-state index contributed by atoms with van der Waals surface area (Å²) in [6.45, 7) is 0. The Morgan fingerprint density at radius 1 is 1.26 bits per heavy atom. The zero-order valence-corrected chi connectivity index (χ0v) is 14.0. The molecule has 1 heterocycles. The first-order valence-electron chi connectivity index (χ1n) is 8.53. The summed E-state index contributed by atoms with van der Waals surface area (Å²) in [6.07, 6.45) is 8.04. The maximum Gasteiger partial charge on any atom is 0.221 e.